The summed E-state index contributed by atoms with van der Waals surface area (Å²) in [5, 5.41) is 2.80. The molecule has 18 heavy (non-hydrogen) atoms. The van der Waals surface area contributed by atoms with Crippen molar-refractivity contribution < 1.29 is 9.18 Å². The molecular formula is C12H9ClFN3O. The highest BCUT2D eigenvalue weighted by Crippen LogP contribution is 2.10. The second-order valence-electron chi connectivity index (χ2n) is 3.58. The zero-order valence-electron chi connectivity index (χ0n) is 9.23. The summed E-state index contributed by atoms with van der Waals surface area (Å²) in [6, 6.07) is 7.30. The van der Waals surface area contributed by atoms with Crippen LogP contribution in [0.25, 0.3) is 0 Å². The fourth-order valence-corrected chi connectivity index (χ4v) is 1.57. The Labute approximate surface area is 108 Å². The predicted octanol–water partition coefficient (Wildman–Crippen LogP) is 2.45. The van der Waals surface area contributed by atoms with Crippen LogP contribution in [0.3, 0.4) is 0 Å². The van der Waals surface area contributed by atoms with Crippen LogP contribution < -0.4 is 5.32 Å². The molecule has 0 aliphatic rings. The quantitative estimate of drug-likeness (QED) is 0.868. The van der Waals surface area contributed by atoms with Gasteiger partial charge in [-0.05, 0) is 17.7 Å². The lowest BCUT2D eigenvalue weighted by Crippen LogP contribution is -2.15. The van der Waals surface area contributed by atoms with Crippen LogP contribution in [0.2, 0.25) is 5.15 Å². The van der Waals surface area contributed by atoms with Crippen molar-refractivity contribution in [3.8, 4) is 0 Å². The SMILES string of the molecule is O=C(Cc1cccc(F)c1)Nc1cc(Cl)ncn1. The van der Waals surface area contributed by atoms with Gasteiger partial charge in [0.15, 0.2) is 0 Å². The molecule has 0 aliphatic carbocycles. The second-order valence-corrected chi connectivity index (χ2v) is 3.97. The molecule has 0 saturated carbocycles. The number of benzene rings is 1. The third kappa shape index (κ3) is 3.49. The molecule has 1 heterocycles. The molecule has 1 amide bonds. The molecule has 1 N–H and O–H groups in total. The molecule has 0 aliphatic heterocycles. The largest absolute Gasteiger partial charge is 0.310 e. The maximum absolute atomic E-state index is 12.9. The molecule has 0 atom stereocenters. The number of carbonyl (C=O) groups is 1. The predicted molar refractivity (Wildman–Crippen MR) is 65.8 cm³/mol. The van der Waals surface area contributed by atoms with Crippen molar-refractivity contribution in [1.82, 2.24) is 9.97 Å². The molecule has 4 nitrogen and oxygen atoms in total. The minimum absolute atomic E-state index is 0.0688. The Hall–Kier alpha value is -2.01. The molecule has 1 aromatic heterocycles. The fourth-order valence-electron chi connectivity index (χ4n) is 1.42. The molecule has 0 unspecified atom stereocenters. The van der Waals surface area contributed by atoms with E-state index in [-0.39, 0.29) is 23.3 Å². The van der Waals surface area contributed by atoms with Gasteiger partial charge in [-0.2, -0.15) is 0 Å². The van der Waals surface area contributed by atoms with Gasteiger partial charge in [0.2, 0.25) is 5.91 Å². The van der Waals surface area contributed by atoms with Gasteiger partial charge in [0, 0.05) is 6.07 Å². The summed E-state index contributed by atoms with van der Waals surface area (Å²) in [6.07, 6.45) is 1.32. The Balaban J connectivity index is 2.01. The van der Waals surface area contributed by atoms with Gasteiger partial charge in [-0.1, -0.05) is 23.7 Å². The third-order valence-corrected chi connectivity index (χ3v) is 2.36. The Bertz CT molecular complexity index is 527. The van der Waals surface area contributed by atoms with Crippen LogP contribution in [0.4, 0.5) is 10.2 Å². The molecule has 6 heteroatoms. The van der Waals surface area contributed by atoms with Gasteiger partial charge in [0.1, 0.15) is 23.1 Å². The van der Waals surface area contributed by atoms with Crippen LogP contribution in [-0.4, -0.2) is 15.9 Å². The number of amides is 1. The Morgan fingerprint density at radius 2 is 2.17 bits per heavy atom. The first-order valence-electron chi connectivity index (χ1n) is 5.15. The maximum Gasteiger partial charge on any atom is 0.229 e. The van der Waals surface area contributed by atoms with Gasteiger partial charge < -0.3 is 5.32 Å². The van der Waals surface area contributed by atoms with Crippen molar-refractivity contribution >= 4 is 23.3 Å². The highest BCUT2D eigenvalue weighted by Gasteiger charge is 2.06. The van der Waals surface area contributed by atoms with Gasteiger partial charge in [-0.3, -0.25) is 4.79 Å². The minimum atomic E-state index is -0.370. The highest BCUT2D eigenvalue weighted by atomic mass is 35.5. The van der Waals surface area contributed by atoms with Gasteiger partial charge in [0.25, 0.3) is 0 Å². The summed E-state index contributed by atoms with van der Waals surface area (Å²) in [5.41, 5.74) is 0.590. The van der Waals surface area contributed by atoms with E-state index in [1.807, 2.05) is 0 Å². The van der Waals surface area contributed by atoms with E-state index in [0.29, 0.717) is 11.4 Å². The molecule has 0 saturated heterocycles. The first-order valence-corrected chi connectivity index (χ1v) is 5.53. The standard InChI is InChI=1S/C12H9ClFN3O/c13-10-6-11(16-7-15-10)17-12(18)5-8-2-1-3-9(14)4-8/h1-4,6-7H,5H2,(H,15,16,17,18). The van der Waals surface area contributed by atoms with Gasteiger partial charge >= 0.3 is 0 Å². The first-order chi connectivity index (χ1) is 8.63. The molecule has 1 aromatic carbocycles. The number of rotatable bonds is 3. The van der Waals surface area contributed by atoms with Gasteiger partial charge in [0.05, 0.1) is 6.42 Å². The van der Waals surface area contributed by atoms with Crippen LogP contribution in [-0.2, 0) is 11.2 Å². The number of nitrogens with one attached hydrogen (secondary N) is 1. The highest BCUT2D eigenvalue weighted by molar-refractivity contribution is 6.29. The molecule has 0 bridgehead atoms. The van der Waals surface area contributed by atoms with E-state index >= 15 is 0 Å². The summed E-state index contributed by atoms with van der Waals surface area (Å²) in [4.78, 5) is 19.2. The minimum Gasteiger partial charge on any atom is -0.310 e. The van der Waals surface area contributed by atoms with Crippen LogP contribution >= 0.6 is 11.6 Å². The van der Waals surface area contributed by atoms with Gasteiger partial charge in [-0.15, -0.1) is 0 Å². The van der Waals surface area contributed by atoms with Crippen molar-refractivity contribution in [2.45, 2.75) is 6.42 Å². The molecule has 2 aromatic rings. The van der Waals surface area contributed by atoms with Crippen molar-refractivity contribution in [3.05, 3.63) is 53.2 Å². The third-order valence-electron chi connectivity index (χ3n) is 2.15. The van der Waals surface area contributed by atoms with Crippen molar-refractivity contribution in [2.24, 2.45) is 0 Å². The maximum atomic E-state index is 12.9. The number of hydrogen-bond donors (Lipinski definition) is 1. The molecular weight excluding hydrogens is 257 g/mol. The Morgan fingerprint density at radius 1 is 1.33 bits per heavy atom. The number of halogens is 2. The Kier molecular flexibility index (Phi) is 3.84. The van der Waals surface area contributed by atoms with Crippen LogP contribution in [0.1, 0.15) is 5.56 Å². The van der Waals surface area contributed by atoms with Crippen molar-refractivity contribution in [2.75, 3.05) is 5.32 Å². The average molecular weight is 266 g/mol. The van der Waals surface area contributed by atoms with Gasteiger partial charge in [-0.25, -0.2) is 14.4 Å². The summed E-state index contributed by atoms with van der Waals surface area (Å²) in [6.45, 7) is 0. The number of anilines is 1. The van der Waals surface area contributed by atoms with E-state index in [0.717, 1.165) is 0 Å². The molecule has 92 valence electrons. The zero-order valence-corrected chi connectivity index (χ0v) is 9.99. The number of nitrogens with zero attached hydrogens (tertiary/aromatic N) is 2. The van der Waals surface area contributed by atoms with Crippen molar-refractivity contribution in [3.63, 3.8) is 0 Å². The average Bonchev–Trinajstić information content (AvgIpc) is 2.28. The number of aromatic nitrogens is 2. The monoisotopic (exact) mass is 265 g/mol. The summed E-state index contributed by atoms with van der Waals surface area (Å²) in [7, 11) is 0. The van der Waals surface area contributed by atoms with Crippen LogP contribution in [0.5, 0.6) is 0 Å². The van der Waals surface area contributed by atoms with E-state index in [9.17, 15) is 9.18 Å². The summed E-state index contributed by atoms with van der Waals surface area (Å²) >= 11 is 5.66. The Morgan fingerprint density at radius 3 is 2.89 bits per heavy atom. The van der Waals surface area contributed by atoms with E-state index in [1.165, 1.54) is 24.5 Å². The van der Waals surface area contributed by atoms with Crippen LogP contribution in [0.15, 0.2) is 36.7 Å². The lowest BCUT2D eigenvalue weighted by molar-refractivity contribution is -0.115. The second kappa shape index (κ2) is 5.55. The van der Waals surface area contributed by atoms with E-state index in [2.05, 4.69) is 15.3 Å². The lowest BCUT2D eigenvalue weighted by Gasteiger charge is -2.04. The zero-order chi connectivity index (χ0) is 13.0. The van der Waals surface area contributed by atoms with E-state index in [1.54, 1.807) is 12.1 Å². The molecule has 0 spiro atoms. The van der Waals surface area contributed by atoms with Crippen molar-refractivity contribution in [1.29, 1.82) is 0 Å². The summed E-state index contributed by atoms with van der Waals surface area (Å²) in [5.74, 6) is -0.350. The normalized spacial score (nSPS) is 10.1. The smallest absolute Gasteiger partial charge is 0.229 e. The fraction of sp³-hybridized carbons (Fsp3) is 0.0833. The molecule has 0 fully saturated rings. The molecule has 0 radical (unpaired) electrons. The summed E-state index contributed by atoms with van der Waals surface area (Å²) < 4.78 is 12.9. The van der Waals surface area contributed by atoms with E-state index < -0.39 is 0 Å². The number of carbonyl (C=O) groups excluding carboxylic acids is 1. The lowest BCUT2D eigenvalue weighted by atomic mass is 10.1. The molecule has 2 rings (SSSR count). The van der Waals surface area contributed by atoms with Crippen LogP contribution in [0, 0.1) is 5.82 Å². The topological polar surface area (TPSA) is 54.9 Å². The number of hydrogen-bond acceptors (Lipinski definition) is 3. The van der Waals surface area contributed by atoms with E-state index in [4.69, 9.17) is 11.6 Å². The first kappa shape index (κ1) is 12.4.